The number of methoxy groups -OCH3 is 2. The Morgan fingerprint density at radius 2 is 1.85 bits per heavy atom. The summed E-state index contributed by atoms with van der Waals surface area (Å²) in [5, 5.41) is 2.92. The minimum absolute atomic E-state index is 0.0716. The van der Waals surface area contributed by atoms with Crippen LogP contribution in [0.15, 0.2) is 59.2 Å². The van der Waals surface area contributed by atoms with Gasteiger partial charge in [0.25, 0.3) is 5.91 Å². The van der Waals surface area contributed by atoms with Crippen LogP contribution in [0, 0.1) is 0 Å². The van der Waals surface area contributed by atoms with E-state index in [9.17, 15) is 4.79 Å². The Morgan fingerprint density at radius 3 is 2.52 bits per heavy atom. The minimum Gasteiger partial charge on any atom is -0.497 e. The van der Waals surface area contributed by atoms with E-state index < -0.39 is 0 Å². The van der Waals surface area contributed by atoms with Gasteiger partial charge in [-0.15, -0.1) is 0 Å². The second-order valence-corrected chi connectivity index (χ2v) is 8.08. The molecule has 1 amide bonds. The maximum Gasteiger partial charge on any atom is 0.273 e. The summed E-state index contributed by atoms with van der Waals surface area (Å²) in [7, 11) is 3.29. The molecule has 0 saturated carbocycles. The summed E-state index contributed by atoms with van der Waals surface area (Å²) in [5.41, 5.74) is 2.48. The first-order valence-electron chi connectivity index (χ1n) is 11.2. The van der Waals surface area contributed by atoms with Crippen LogP contribution in [-0.4, -0.2) is 36.1 Å². The van der Waals surface area contributed by atoms with Crippen LogP contribution < -0.4 is 14.8 Å². The summed E-state index contributed by atoms with van der Waals surface area (Å²) in [6.07, 6.45) is 2.27. The van der Waals surface area contributed by atoms with Crippen LogP contribution in [0.3, 0.4) is 0 Å². The van der Waals surface area contributed by atoms with Crippen LogP contribution in [0.25, 0.3) is 0 Å². The van der Waals surface area contributed by atoms with Gasteiger partial charge in [-0.3, -0.25) is 9.69 Å². The summed E-state index contributed by atoms with van der Waals surface area (Å²) >= 11 is 0. The van der Waals surface area contributed by atoms with E-state index in [1.165, 1.54) is 11.8 Å². The van der Waals surface area contributed by atoms with Crippen LogP contribution in [-0.2, 0) is 13.1 Å². The van der Waals surface area contributed by atoms with Gasteiger partial charge in [0.05, 0.1) is 20.8 Å². The van der Waals surface area contributed by atoms with E-state index in [1.807, 2.05) is 50.2 Å². The Bertz CT molecular complexity index is 1040. The number of amides is 1. The Labute approximate surface area is 195 Å². The molecule has 0 aliphatic rings. The SMILES string of the molecule is CC[C@@H](C)NC(=O)c1coc(CN(Cc2ccc(OC)cc2OC)[C@@H](C)c2ccccc2)n1. The fourth-order valence-electron chi connectivity index (χ4n) is 3.53. The molecule has 3 aromatic rings. The maximum atomic E-state index is 12.4. The predicted molar refractivity (Wildman–Crippen MR) is 127 cm³/mol. The lowest BCUT2D eigenvalue weighted by Crippen LogP contribution is -2.32. The highest BCUT2D eigenvalue weighted by molar-refractivity contribution is 5.92. The van der Waals surface area contributed by atoms with E-state index in [2.05, 4.69) is 34.3 Å². The molecule has 0 fully saturated rings. The van der Waals surface area contributed by atoms with Gasteiger partial charge in [-0.1, -0.05) is 43.3 Å². The average Bonchev–Trinajstić information content (AvgIpc) is 3.32. The number of nitrogens with one attached hydrogen (secondary N) is 1. The molecule has 0 aliphatic carbocycles. The summed E-state index contributed by atoms with van der Waals surface area (Å²) in [6.45, 7) is 7.16. The smallest absolute Gasteiger partial charge is 0.273 e. The topological polar surface area (TPSA) is 76.8 Å². The molecule has 33 heavy (non-hydrogen) atoms. The van der Waals surface area contributed by atoms with Crippen molar-refractivity contribution in [3.05, 3.63) is 77.5 Å². The maximum absolute atomic E-state index is 12.4. The van der Waals surface area contributed by atoms with E-state index in [4.69, 9.17) is 13.9 Å². The van der Waals surface area contributed by atoms with Crippen LogP contribution >= 0.6 is 0 Å². The van der Waals surface area contributed by atoms with Crippen molar-refractivity contribution in [2.75, 3.05) is 14.2 Å². The normalized spacial score (nSPS) is 12.9. The molecule has 3 rings (SSSR count). The molecule has 2 atom stereocenters. The Hall–Kier alpha value is -3.32. The van der Waals surface area contributed by atoms with Crippen LogP contribution in [0.2, 0.25) is 0 Å². The van der Waals surface area contributed by atoms with Crippen LogP contribution in [0.5, 0.6) is 11.5 Å². The Morgan fingerprint density at radius 1 is 1.09 bits per heavy atom. The van der Waals surface area contributed by atoms with Gasteiger partial charge in [-0.25, -0.2) is 4.98 Å². The first-order valence-corrected chi connectivity index (χ1v) is 11.2. The van der Waals surface area contributed by atoms with Crippen molar-refractivity contribution in [1.29, 1.82) is 0 Å². The van der Waals surface area contributed by atoms with E-state index >= 15 is 0 Å². The highest BCUT2D eigenvalue weighted by Gasteiger charge is 2.22. The fourth-order valence-corrected chi connectivity index (χ4v) is 3.53. The first-order chi connectivity index (χ1) is 15.9. The van der Waals surface area contributed by atoms with Crippen LogP contribution in [0.4, 0.5) is 0 Å². The molecule has 1 heterocycles. The third kappa shape index (κ3) is 6.35. The zero-order valence-electron chi connectivity index (χ0n) is 20.0. The lowest BCUT2D eigenvalue weighted by Gasteiger charge is -2.29. The van der Waals surface area contributed by atoms with E-state index in [0.29, 0.717) is 24.7 Å². The van der Waals surface area contributed by atoms with E-state index in [-0.39, 0.29) is 18.0 Å². The molecular formula is C26H33N3O4. The highest BCUT2D eigenvalue weighted by Crippen LogP contribution is 2.30. The molecule has 1 N–H and O–H groups in total. The van der Waals surface area contributed by atoms with Gasteiger partial charge in [0.15, 0.2) is 5.69 Å². The number of benzene rings is 2. The molecule has 1 aromatic heterocycles. The van der Waals surface area contributed by atoms with E-state index in [1.54, 1.807) is 14.2 Å². The summed E-state index contributed by atoms with van der Waals surface area (Å²) in [4.78, 5) is 19.1. The van der Waals surface area contributed by atoms with Crippen molar-refractivity contribution in [3.8, 4) is 11.5 Å². The van der Waals surface area contributed by atoms with Crippen LogP contribution in [0.1, 0.15) is 60.7 Å². The monoisotopic (exact) mass is 451 g/mol. The van der Waals surface area contributed by atoms with Crippen molar-refractivity contribution >= 4 is 5.91 Å². The third-order valence-corrected chi connectivity index (χ3v) is 5.81. The predicted octanol–water partition coefficient (Wildman–Crippen LogP) is 4.98. The van der Waals surface area contributed by atoms with Gasteiger partial charge in [0, 0.05) is 30.3 Å². The van der Waals surface area contributed by atoms with Crippen molar-refractivity contribution in [1.82, 2.24) is 15.2 Å². The fraction of sp³-hybridized carbons (Fsp3) is 0.385. The number of nitrogens with zero attached hydrogens (tertiary/aromatic N) is 2. The van der Waals surface area contributed by atoms with Gasteiger partial charge in [-0.05, 0) is 31.9 Å². The minimum atomic E-state index is -0.223. The molecule has 176 valence electrons. The molecule has 0 bridgehead atoms. The molecule has 7 heteroatoms. The van der Waals surface area contributed by atoms with Crippen molar-refractivity contribution in [2.24, 2.45) is 0 Å². The molecule has 0 unspecified atom stereocenters. The molecule has 2 aromatic carbocycles. The molecule has 0 saturated heterocycles. The van der Waals surface area contributed by atoms with Crippen molar-refractivity contribution < 1.29 is 18.7 Å². The number of carbonyl (C=O) groups excluding carboxylic acids is 1. The van der Waals surface area contributed by atoms with Gasteiger partial charge < -0.3 is 19.2 Å². The summed E-state index contributed by atoms with van der Waals surface area (Å²) in [6, 6.07) is 16.2. The van der Waals surface area contributed by atoms with Gasteiger partial charge >= 0.3 is 0 Å². The number of carbonyl (C=O) groups is 1. The summed E-state index contributed by atoms with van der Waals surface area (Å²) < 4.78 is 16.6. The van der Waals surface area contributed by atoms with E-state index in [0.717, 1.165) is 23.5 Å². The zero-order valence-corrected chi connectivity index (χ0v) is 20.0. The Balaban J connectivity index is 1.85. The van der Waals surface area contributed by atoms with Gasteiger partial charge in [0.2, 0.25) is 5.89 Å². The number of rotatable bonds is 11. The lowest BCUT2D eigenvalue weighted by atomic mass is 10.1. The quantitative estimate of drug-likeness (QED) is 0.443. The molecule has 0 spiro atoms. The highest BCUT2D eigenvalue weighted by atomic mass is 16.5. The Kier molecular flexibility index (Phi) is 8.49. The number of aromatic nitrogens is 1. The van der Waals surface area contributed by atoms with Gasteiger partial charge in [-0.2, -0.15) is 0 Å². The molecular weight excluding hydrogens is 418 g/mol. The zero-order chi connectivity index (χ0) is 23.8. The number of oxazole rings is 1. The number of hydrogen-bond donors (Lipinski definition) is 1. The van der Waals surface area contributed by atoms with Crippen molar-refractivity contribution in [3.63, 3.8) is 0 Å². The summed E-state index contributed by atoms with van der Waals surface area (Å²) in [5.74, 6) is 1.75. The average molecular weight is 452 g/mol. The number of hydrogen-bond acceptors (Lipinski definition) is 6. The molecule has 0 aliphatic heterocycles. The second-order valence-electron chi connectivity index (χ2n) is 8.08. The number of ether oxygens (including phenoxy) is 2. The lowest BCUT2D eigenvalue weighted by molar-refractivity contribution is 0.0934. The molecule has 0 radical (unpaired) electrons. The largest absolute Gasteiger partial charge is 0.497 e. The van der Waals surface area contributed by atoms with Gasteiger partial charge in [0.1, 0.15) is 17.8 Å². The molecule has 7 nitrogen and oxygen atoms in total. The standard InChI is InChI=1S/C26H33N3O4/c1-6-18(2)27-26(30)23-17-33-25(28-23)16-29(19(3)20-10-8-7-9-11-20)15-21-12-13-22(31-4)14-24(21)32-5/h7-14,17-19H,6,15-16H2,1-5H3,(H,27,30)/t18-,19+/m1/s1. The van der Waals surface area contributed by atoms with Crippen molar-refractivity contribution in [2.45, 2.75) is 52.4 Å². The third-order valence-electron chi connectivity index (χ3n) is 5.81. The second kappa shape index (κ2) is 11.5. The first kappa shape index (κ1) is 24.3.